The predicted molar refractivity (Wildman–Crippen MR) is 109 cm³/mol. The first-order chi connectivity index (χ1) is 13.7. The van der Waals surface area contributed by atoms with Crippen LogP contribution in [0.3, 0.4) is 0 Å². The molecule has 2 saturated heterocycles. The van der Waals surface area contributed by atoms with E-state index in [9.17, 15) is 10.1 Å². The van der Waals surface area contributed by atoms with Crippen LogP contribution >= 0.6 is 24.0 Å². The van der Waals surface area contributed by atoms with Crippen LogP contribution in [0.15, 0.2) is 32.1 Å². The van der Waals surface area contributed by atoms with Gasteiger partial charge in [-0.2, -0.15) is 10.2 Å². The second-order valence-corrected chi connectivity index (χ2v) is 8.24. The van der Waals surface area contributed by atoms with Gasteiger partial charge in [0.25, 0.3) is 5.91 Å². The van der Waals surface area contributed by atoms with Gasteiger partial charge in [0.2, 0.25) is 17.5 Å². The second kappa shape index (κ2) is 8.20. The van der Waals surface area contributed by atoms with Crippen LogP contribution in [0, 0.1) is 11.3 Å². The Labute approximate surface area is 172 Å². The second-order valence-electron chi connectivity index (χ2n) is 6.57. The highest BCUT2D eigenvalue weighted by Gasteiger charge is 2.33. The number of nitrogens with zero attached hydrogens (tertiary/aromatic N) is 4. The fourth-order valence-electron chi connectivity index (χ4n) is 3.26. The van der Waals surface area contributed by atoms with Gasteiger partial charge >= 0.3 is 0 Å². The summed E-state index contributed by atoms with van der Waals surface area (Å²) in [6.07, 6.45) is 7.60. The topological polar surface area (TPSA) is 86.5 Å². The minimum absolute atomic E-state index is 0.223. The maximum Gasteiger partial charge on any atom is 0.266 e. The molecule has 0 unspecified atom stereocenters. The Balaban J connectivity index is 1.56. The van der Waals surface area contributed by atoms with Crippen LogP contribution in [0.1, 0.15) is 43.0 Å². The van der Waals surface area contributed by atoms with Crippen LogP contribution in [0.4, 0.5) is 5.88 Å². The number of carbonyl (C=O) groups excluding carboxylic acids is 1. The van der Waals surface area contributed by atoms with Crippen molar-refractivity contribution in [1.29, 1.82) is 5.26 Å². The first-order valence-electron chi connectivity index (χ1n) is 9.09. The molecular weight excluding hydrogens is 396 g/mol. The zero-order chi connectivity index (χ0) is 19.5. The van der Waals surface area contributed by atoms with Gasteiger partial charge in [-0.1, -0.05) is 36.8 Å². The zero-order valence-corrected chi connectivity index (χ0v) is 16.7. The largest absolute Gasteiger partial charge is 0.467 e. The van der Waals surface area contributed by atoms with E-state index in [0.717, 1.165) is 25.9 Å². The number of thioether (sulfide) groups is 1. The number of thiocarbonyl (C=S) groups is 1. The van der Waals surface area contributed by atoms with Gasteiger partial charge < -0.3 is 13.7 Å². The average molecular weight is 415 g/mol. The fraction of sp³-hybridized carbons (Fsp3) is 0.368. The molecule has 28 heavy (non-hydrogen) atoms. The molecule has 2 fully saturated rings. The molecule has 144 valence electrons. The van der Waals surface area contributed by atoms with E-state index in [0.29, 0.717) is 20.9 Å². The Hall–Kier alpha value is -2.57. The predicted octanol–water partition coefficient (Wildman–Crippen LogP) is 3.92. The first kappa shape index (κ1) is 18.8. The van der Waals surface area contributed by atoms with Crippen molar-refractivity contribution in [3.8, 4) is 6.07 Å². The highest BCUT2D eigenvalue weighted by molar-refractivity contribution is 8.26. The Morgan fingerprint density at radius 3 is 2.79 bits per heavy atom. The highest BCUT2D eigenvalue weighted by atomic mass is 32.2. The molecule has 0 atom stereocenters. The maximum absolute atomic E-state index is 12.7. The smallest absolute Gasteiger partial charge is 0.266 e. The summed E-state index contributed by atoms with van der Waals surface area (Å²) in [6.45, 7) is 1.96. The highest BCUT2D eigenvalue weighted by Crippen LogP contribution is 2.34. The molecule has 0 aliphatic carbocycles. The minimum atomic E-state index is -0.223. The molecule has 7 nitrogen and oxygen atoms in total. The summed E-state index contributed by atoms with van der Waals surface area (Å²) >= 11 is 6.52. The lowest BCUT2D eigenvalue weighted by Gasteiger charge is -2.18. The van der Waals surface area contributed by atoms with E-state index in [2.05, 4.69) is 16.0 Å². The van der Waals surface area contributed by atoms with Gasteiger partial charge in [-0.3, -0.25) is 9.69 Å². The third-order valence-electron chi connectivity index (χ3n) is 4.65. The molecule has 2 aromatic heterocycles. The quantitative estimate of drug-likeness (QED) is 0.550. The number of carbonyl (C=O) groups is 1. The number of anilines is 1. The van der Waals surface area contributed by atoms with Gasteiger partial charge in [0.05, 0.1) is 17.7 Å². The number of nitriles is 1. The molecule has 0 aromatic carbocycles. The Bertz CT molecular complexity index is 950. The maximum atomic E-state index is 12.7. The third-order valence-corrected chi connectivity index (χ3v) is 6.02. The number of hydrogen-bond acceptors (Lipinski definition) is 8. The van der Waals surface area contributed by atoms with Crippen LogP contribution in [-0.4, -0.2) is 33.2 Å². The molecular formula is C19H18N4O3S2. The van der Waals surface area contributed by atoms with Crippen molar-refractivity contribution in [3.63, 3.8) is 0 Å². The van der Waals surface area contributed by atoms with E-state index < -0.39 is 0 Å². The van der Waals surface area contributed by atoms with Gasteiger partial charge in [0, 0.05) is 19.2 Å². The summed E-state index contributed by atoms with van der Waals surface area (Å²) in [5, 5.41) is 9.44. The van der Waals surface area contributed by atoms with Crippen molar-refractivity contribution in [2.45, 2.75) is 32.2 Å². The Morgan fingerprint density at radius 2 is 2.11 bits per heavy atom. The van der Waals surface area contributed by atoms with Crippen molar-refractivity contribution in [2.75, 3.05) is 18.0 Å². The summed E-state index contributed by atoms with van der Waals surface area (Å²) in [5.74, 6) is 1.17. The SMILES string of the molecule is N#Cc1nc(/C=C2\SC(=S)N(Cc3ccco3)C2=O)oc1N1CCCCCC1. The number of rotatable bonds is 4. The normalized spacial score (nSPS) is 19.3. The lowest BCUT2D eigenvalue weighted by atomic mass is 10.2. The molecule has 0 spiro atoms. The van der Waals surface area contributed by atoms with Crippen molar-refractivity contribution in [3.05, 3.63) is 40.6 Å². The lowest BCUT2D eigenvalue weighted by molar-refractivity contribution is -0.122. The van der Waals surface area contributed by atoms with Crippen molar-refractivity contribution >= 4 is 46.2 Å². The van der Waals surface area contributed by atoms with E-state index in [1.54, 1.807) is 24.5 Å². The Kier molecular flexibility index (Phi) is 5.50. The van der Waals surface area contributed by atoms with E-state index in [1.807, 2.05) is 0 Å². The average Bonchev–Trinajstić information content (AvgIpc) is 3.34. The molecule has 2 aliphatic heterocycles. The summed E-state index contributed by atoms with van der Waals surface area (Å²) in [7, 11) is 0. The molecule has 0 bridgehead atoms. The van der Waals surface area contributed by atoms with Gasteiger partial charge in [-0.05, 0) is 25.0 Å². The van der Waals surface area contributed by atoms with E-state index in [1.165, 1.54) is 29.5 Å². The van der Waals surface area contributed by atoms with Crippen molar-refractivity contribution in [1.82, 2.24) is 9.88 Å². The molecule has 0 N–H and O–H groups in total. The molecule has 0 saturated carbocycles. The number of furan rings is 1. The van der Waals surface area contributed by atoms with Gasteiger partial charge in [-0.25, -0.2) is 0 Å². The number of amides is 1. The molecule has 2 aliphatic rings. The van der Waals surface area contributed by atoms with Crippen molar-refractivity contribution < 1.29 is 13.6 Å². The standard InChI is InChI=1S/C19H18N4O3S2/c20-11-14-18(22-7-3-1-2-4-8-22)26-16(21-14)10-15-17(24)23(19(27)28-15)12-13-6-5-9-25-13/h5-6,9-10H,1-4,7-8,12H2/b15-10-. The molecule has 2 aromatic rings. The van der Waals surface area contributed by atoms with Crippen LogP contribution in [0.5, 0.6) is 0 Å². The molecule has 0 radical (unpaired) electrons. The van der Waals surface area contributed by atoms with E-state index >= 15 is 0 Å². The monoisotopic (exact) mass is 414 g/mol. The van der Waals surface area contributed by atoms with Crippen LogP contribution in [0.25, 0.3) is 6.08 Å². The summed E-state index contributed by atoms with van der Waals surface area (Å²) in [6, 6.07) is 5.66. The molecule has 9 heteroatoms. The van der Waals surface area contributed by atoms with Crippen LogP contribution in [-0.2, 0) is 11.3 Å². The molecule has 4 rings (SSSR count). The molecule has 4 heterocycles. The summed E-state index contributed by atoms with van der Waals surface area (Å²) in [5.41, 5.74) is 0.249. The minimum Gasteiger partial charge on any atom is -0.467 e. The molecule has 1 amide bonds. The van der Waals surface area contributed by atoms with Crippen LogP contribution < -0.4 is 4.90 Å². The van der Waals surface area contributed by atoms with Crippen molar-refractivity contribution in [2.24, 2.45) is 0 Å². The third kappa shape index (κ3) is 3.84. The summed E-state index contributed by atoms with van der Waals surface area (Å²) in [4.78, 5) is 21.0. The fourth-order valence-corrected chi connectivity index (χ4v) is 4.48. The first-order valence-corrected chi connectivity index (χ1v) is 10.3. The van der Waals surface area contributed by atoms with Crippen LogP contribution in [0.2, 0.25) is 0 Å². The summed E-state index contributed by atoms with van der Waals surface area (Å²) < 4.78 is 11.6. The lowest BCUT2D eigenvalue weighted by Crippen LogP contribution is -2.27. The van der Waals surface area contributed by atoms with E-state index in [-0.39, 0.29) is 24.0 Å². The van der Waals surface area contributed by atoms with E-state index in [4.69, 9.17) is 21.1 Å². The Morgan fingerprint density at radius 1 is 1.32 bits per heavy atom. The number of oxazole rings is 1. The number of hydrogen-bond donors (Lipinski definition) is 0. The van der Waals surface area contributed by atoms with Gasteiger partial charge in [-0.15, -0.1) is 0 Å². The zero-order valence-electron chi connectivity index (χ0n) is 15.1. The van der Waals surface area contributed by atoms with Gasteiger partial charge in [0.1, 0.15) is 16.2 Å². The number of aromatic nitrogens is 1. The van der Waals surface area contributed by atoms with Gasteiger partial charge in [0.15, 0.2) is 0 Å².